The Morgan fingerprint density at radius 1 is 1.29 bits per heavy atom. The van der Waals surface area contributed by atoms with Gasteiger partial charge >= 0.3 is 0 Å². The molecule has 0 aliphatic carbocycles. The highest BCUT2D eigenvalue weighted by molar-refractivity contribution is 5.78. The number of hydrogen-bond acceptors (Lipinski definition) is 2. The summed E-state index contributed by atoms with van der Waals surface area (Å²) in [6.07, 6.45) is 0. The van der Waals surface area contributed by atoms with E-state index in [0.29, 0.717) is 0 Å². The van der Waals surface area contributed by atoms with E-state index in [2.05, 4.69) is 43.4 Å². The summed E-state index contributed by atoms with van der Waals surface area (Å²) in [6, 6.07) is 8.38. The van der Waals surface area contributed by atoms with Crippen molar-refractivity contribution >= 4 is 11.0 Å². The smallest absolute Gasteiger partial charge is 0.134 e. The largest absolute Gasteiger partial charge is 0.460 e. The van der Waals surface area contributed by atoms with Crippen LogP contribution in [0.4, 0.5) is 0 Å². The maximum atomic E-state index is 5.69. The minimum atomic E-state index is 0.810. The van der Waals surface area contributed by atoms with Crippen LogP contribution in [0.3, 0.4) is 0 Å². The van der Waals surface area contributed by atoms with Gasteiger partial charge < -0.3 is 9.73 Å². The summed E-state index contributed by atoms with van der Waals surface area (Å²) >= 11 is 0. The number of nitrogens with one attached hydrogen (secondary N) is 1. The number of hydrogen-bond donors (Lipinski definition) is 1. The quantitative estimate of drug-likeness (QED) is 0.803. The van der Waals surface area contributed by atoms with Crippen LogP contribution in [0, 0.1) is 6.92 Å². The average molecular weight is 189 g/mol. The second kappa shape index (κ2) is 3.84. The zero-order chi connectivity index (χ0) is 9.97. The fraction of sp³-hybridized carbons (Fsp3) is 0.333. The van der Waals surface area contributed by atoms with Crippen LogP contribution in [0.1, 0.15) is 18.2 Å². The number of rotatable bonds is 3. The van der Waals surface area contributed by atoms with Crippen molar-refractivity contribution in [2.75, 3.05) is 6.54 Å². The molecule has 1 N–H and O–H groups in total. The van der Waals surface area contributed by atoms with Gasteiger partial charge in [-0.15, -0.1) is 0 Å². The first kappa shape index (κ1) is 9.28. The second-order valence-electron chi connectivity index (χ2n) is 3.53. The Morgan fingerprint density at radius 3 is 2.93 bits per heavy atom. The normalized spacial score (nSPS) is 11.0. The molecule has 1 aromatic heterocycles. The van der Waals surface area contributed by atoms with E-state index in [1.807, 2.05) is 0 Å². The lowest BCUT2D eigenvalue weighted by molar-refractivity contribution is 0.520. The molecule has 0 radical (unpaired) electrons. The van der Waals surface area contributed by atoms with Gasteiger partial charge in [-0.2, -0.15) is 0 Å². The van der Waals surface area contributed by atoms with Crippen molar-refractivity contribution in [2.24, 2.45) is 0 Å². The molecule has 0 unspecified atom stereocenters. The predicted molar refractivity (Wildman–Crippen MR) is 58.3 cm³/mol. The van der Waals surface area contributed by atoms with Crippen molar-refractivity contribution in [3.63, 3.8) is 0 Å². The van der Waals surface area contributed by atoms with Crippen LogP contribution in [0.2, 0.25) is 0 Å². The van der Waals surface area contributed by atoms with Crippen LogP contribution >= 0.6 is 0 Å². The van der Waals surface area contributed by atoms with E-state index in [-0.39, 0.29) is 0 Å². The van der Waals surface area contributed by atoms with Gasteiger partial charge in [-0.3, -0.25) is 0 Å². The van der Waals surface area contributed by atoms with Crippen LogP contribution in [0.15, 0.2) is 28.7 Å². The Balaban J connectivity index is 2.32. The molecule has 1 aromatic carbocycles. The molecule has 1 heterocycles. The monoisotopic (exact) mass is 189 g/mol. The molecule has 74 valence electrons. The lowest BCUT2D eigenvalue weighted by Crippen LogP contribution is -2.10. The summed E-state index contributed by atoms with van der Waals surface area (Å²) in [5.41, 5.74) is 2.22. The van der Waals surface area contributed by atoms with Crippen LogP contribution in [0.5, 0.6) is 0 Å². The second-order valence-corrected chi connectivity index (χ2v) is 3.53. The van der Waals surface area contributed by atoms with E-state index >= 15 is 0 Å². The third-order valence-electron chi connectivity index (χ3n) is 2.28. The maximum Gasteiger partial charge on any atom is 0.134 e. The molecule has 0 spiro atoms. The Morgan fingerprint density at radius 2 is 2.14 bits per heavy atom. The molecular formula is C12H15NO. The number of fused-ring (bicyclic) bond motifs is 1. The molecule has 0 saturated carbocycles. The predicted octanol–water partition coefficient (Wildman–Crippen LogP) is 2.85. The summed E-state index contributed by atoms with van der Waals surface area (Å²) in [5.74, 6) is 1.01. The van der Waals surface area contributed by atoms with Crippen molar-refractivity contribution < 1.29 is 4.42 Å². The highest BCUT2D eigenvalue weighted by atomic mass is 16.3. The Hall–Kier alpha value is -1.28. The molecule has 2 rings (SSSR count). The van der Waals surface area contributed by atoms with E-state index in [0.717, 1.165) is 24.4 Å². The molecule has 0 amide bonds. The molecule has 0 fully saturated rings. The number of aryl methyl sites for hydroxylation is 1. The SMILES string of the molecule is CCNCc1cc2ccc(C)cc2o1. The number of benzene rings is 1. The van der Waals surface area contributed by atoms with E-state index in [4.69, 9.17) is 4.42 Å². The third kappa shape index (κ3) is 1.80. The lowest BCUT2D eigenvalue weighted by Gasteiger charge is -1.95. The van der Waals surface area contributed by atoms with Gasteiger partial charge in [0, 0.05) is 5.39 Å². The van der Waals surface area contributed by atoms with E-state index in [1.165, 1.54) is 10.9 Å². The molecule has 2 nitrogen and oxygen atoms in total. The van der Waals surface area contributed by atoms with Gasteiger partial charge in [-0.25, -0.2) is 0 Å². The first-order valence-electron chi connectivity index (χ1n) is 4.99. The van der Waals surface area contributed by atoms with Crippen molar-refractivity contribution in [1.82, 2.24) is 5.32 Å². The van der Waals surface area contributed by atoms with Gasteiger partial charge in [-0.1, -0.05) is 19.1 Å². The highest BCUT2D eigenvalue weighted by Gasteiger charge is 2.02. The first-order valence-corrected chi connectivity index (χ1v) is 4.99. The van der Waals surface area contributed by atoms with E-state index < -0.39 is 0 Å². The van der Waals surface area contributed by atoms with Crippen LogP contribution in [-0.4, -0.2) is 6.54 Å². The molecule has 2 aromatic rings. The van der Waals surface area contributed by atoms with Crippen molar-refractivity contribution in [1.29, 1.82) is 0 Å². The minimum Gasteiger partial charge on any atom is -0.460 e. The van der Waals surface area contributed by atoms with Gasteiger partial charge in [0.1, 0.15) is 11.3 Å². The maximum absolute atomic E-state index is 5.69. The molecule has 0 aliphatic heterocycles. The fourth-order valence-corrected chi connectivity index (χ4v) is 1.53. The van der Waals surface area contributed by atoms with Crippen LogP contribution < -0.4 is 5.32 Å². The molecule has 0 bridgehead atoms. The minimum absolute atomic E-state index is 0.810. The molecule has 0 atom stereocenters. The zero-order valence-corrected chi connectivity index (χ0v) is 8.63. The van der Waals surface area contributed by atoms with Gasteiger partial charge in [-0.05, 0) is 31.2 Å². The standard InChI is InChI=1S/C12H15NO/c1-3-13-8-11-7-10-5-4-9(2)6-12(10)14-11/h4-7,13H,3,8H2,1-2H3. The lowest BCUT2D eigenvalue weighted by atomic mass is 10.2. The molecular weight excluding hydrogens is 174 g/mol. The average Bonchev–Trinajstić information content (AvgIpc) is 2.56. The van der Waals surface area contributed by atoms with E-state index in [9.17, 15) is 0 Å². The van der Waals surface area contributed by atoms with Gasteiger partial charge in [0.15, 0.2) is 0 Å². The molecule has 0 saturated heterocycles. The van der Waals surface area contributed by atoms with Crippen molar-refractivity contribution in [2.45, 2.75) is 20.4 Å². The van der Waals surface area contributed by atoms with Crippen LogP contribution in [0.25, 0.3) is 11.0 Å². The van der Waals surface area contributed by atoms with Crippen molar-refractivity contribution in [3.05, 3.63) is 35.6 Å². The topological polar surface area (TPSA) is 25.2 Å². The summed E-state index contributed by atoms with van der Waals surface area (Å²) in [4.78, 5) is 0. The molecule has 14 heavy (non-hydrogen) atoms. The number of furan rings is 1. The van der Waals surface area contributed by atoms with Crippen molar-refractivity contribution in [3.8, 4) is 0 Å². The highest BCUT2D eigenvalue weighted by Crippen LogP contribution is 2.20. The van der Waals surface area contributed by atoms with E-state index in [1.54, 1.807) is 0 Å². The molecule has 0 aliphatic rings. The Labute approximate surface area is 83.9 Å². The molecule has 2 heteroatoms. The van der Waals surface area contributed by atoms with Gasteiger partial charge in [0.25, 0.3) is 0 Å². The first-order chi connectivity index (χ1) is 6.79. The summed E-state index contributed by atoms with van der Waals surface area (Å²) in [6.45, 7) is 5.94. The van der Waals surface area contributed by atoms with Crippen LogP contribution in [-0.2, 0) is 6.54 Å². The third-order valence-corrected chi connectivity index (χ3v) is 2.28. The zero-order valence-electron chi connectivity index (χ0n) is 8.63. The summed E-state index contributed by atoms with van der Waals surface area (Å²) < 4.78 is 5.69. The summed E-state index contributed by atoms with van der Waals surface area (Å²) in [5, 5.41) is 4.43. The fourth-order valence-electron chi connectivity index (χ4n) is 1.53. The Bertz CT molecular complexity index is 431. The van der Waals surface area contributed by atoms with Gasteiger partial charge in [0.05, 0.1) is 6.54 Å². The Kier molecular flexibility index (Phi) is 2.55. The summed E-state index contributed by atoms with van der Waals surface area (Å²) in [7, 11) is 0. The van der Waals surface area contributed by atoms with Gasteiger partial charge in [0.2, 0.25) is 0 Å².